The summed E-state index contributed by atoms with van der Waals surface area (Å²) >= 11 is 0. The number of hydrogen-bond donors (Lipinski definition) is 3. The SMILES string of the molecule is Nc1c(F)c(N2C[C@@H]3C[C@@H]3[C@@H](N)C2)c(F)c2c1c(=O)c(C(=O)O)cn2C1CC1. The van der Waals surface area contributed by atoms with Crippen molar-refractivity contribution in [3.63, 3.8) is 0 Å². The molecule has 1 aromatic carbocycles. The molecule has 2 saturated carbocycles. The Morgan fingerprint density at radius 1 is 1.21 bits per heavy atom. The molecule has 0 unspecified atom stereocenters. The number of carboxylic acid groups (broad SMARTS) is 1. The van der Waals surface area contributed by atoms with Crippen LogP contribution in [0.4, 0.5) is 20.2 Å². The van der Waals surface area contributed by atoms with Gasteiger partial charge in [0.25, 0.3) is 0 Å². The van der Waals surface area contributed by atoms with Crippen LogP contribution >= 0.6 is 0 Å². The van der Waals surface area contributed by atoms with Gasteiger partial charge in [0.2, 0.25) is 5.43 Å². The van der Waals surface area contributed by atoms with Crippen LogP contribution in [0, 0.1) is 23.5 Å². The largest absolute Gasteiger partial charge is 0.477 e. The van der Waals surface area contributed by atoms with Gasteiger partial charge in [-0.05, 0) is 31.1 Å². The quantitative estimate of drug-likeness (QED) is 0.687. The molecule has 5 rings (SSSR count). The maximum atomic E-state index is 15.6. The average Bonchev–Trinajstić information content (AvgIpc) is 3.52. The number of fused-ring (bicyclic) bond motifs is 2. The number of carboxylic acids is 1. The highest BCUT2D eigenvalue weighted by Gasteiger charge is 2.47. The van der Waals surface area contributed by atoms with E-state index in [0.717, 1.165) is 25.5 Å². The average molecular weight is 390 g/mol. The zero-order chi connectivity index (χ0) is 19.9. The summed E-state index contributed by atoms with van der Waals surface area (Å²) in [5.41, 5.74) is 9.62. The van der Waals surface area contributed by atoms with Crippen LogP contribution in [0.5, 0.6) is 0 Å². The van der Waals surface area contributed by atoms with Gasteiger partial charge in [-0.3, -0.25) is 4.79 Å². The number of pyridine rings is 1. The predicted octanol–water partition coefficient (Wildman–Crippen LogP) is 1.68. The number of hydrogen-bond acceptors (Lipinski definition) is 5. The monoisotopic (exact) mass is 390 g/mol. The van der Waals surface area contributed by atoms with Crippen LogP contribution in [0.15, 0.2) is 11.0 Å². The molecule has 5 N–H and O–H groups in total. The third kappa shape index (κ3) is 2.35. The highest BCUT2D eigenvalue weighted by atomic mass is 19.1. The Balaban J connectivity index is 1.80. The minimum absolute atomic E-state index is 0.127. The van der Waals surface area contributed by atoms with E-state index >= 15 is 8.78 Å². The summed E-state index contributed by atoms with van der Waals surface area (Å²) in [5, 5.41) is 8.93. The molecule has 0 radical (unpaired) electrons. The van der Waals surface area contributed by atoms with E-state index in [-0.39, 0.29) is 23.3 Å². The van der Waals surface area contributed by atoms with E-state index in [1.165, 1.54) is 4.57 Å². The van der Waals surface area contributed by atoms with E-state index in [4.69, 9.17) is 11.5 Å². The van der Waals surface area contributed by atoms with E-state index < -0.39 is 39.7 Å². The summed E-state index contributed by atoms with van der Waals surface area (Å²) in [6.45, 7) is 0.791. The lowest BCUT2D eigenvalue weighted by Gasteiger charge is -2.33. The molecule has 1 saturated heterocycles. The third-order valence-corrected chi connectivity index (χ3v) is 6.26. The fraction of sp³-hybridized carbons (Fsp3) is 0.474. The molecule has 28 heavy (non-hydrogen) atoms. The first-order valence-electron chi connectivity index (χ1n) is 9.38. The number of rotatable bonds is 3. The number of carbonyl (C=O) groups is 1. The number of aromatic nitrogens is 1. The topological polar surface area (TPSA) is 115 Å². The highest BCUT2D eigenvalue weighted by molar-refractivity contribution is 5.99. The second-order valence-electron chi connectivity index (χ2n) is 8.16. The van der Waals surface area contributed by atoms with Gasteiger partial charge in [0, 0.05) is 31.4 Å². The molecule has 1 aromatic heterocycles. The second kappa shape index (κ2) is 5.66. The van der Waals surface area contributed by atoms with Crippen LogP contribution in [0.25, 0.3) is 10.9 Å². The van der Waals surface area contributed by atoms with Gasteiger partial charge in [0.05, 0.1) is 16.6 Å². The van der Waals surface area contributed by atoms with Crippen molar-refractivity contribution in [2.24, 2.45) is 17.6 Å². The fourth-order valence-electron chi connectivity index (χ4n) is 4.56. The predicted molar refractivity (Wildman–Crippen MR) is 99.6 cm³/mol. The summed E-state index contributed by atoms with van der Waals surface area (Å²) in [6, 6.07) is -0.306. The Bertz CT molecular complexity index is 1100. The first-order chi connectivity index (χ1) is 13.3. The van der Waals surface area contributed by atoms with Crippen molar-refractivity contribution in [3.05, 3.63) is 33.6 Å². The van der Waals surface area contributed by atoms with Gasteiger partial charge >= 0.3 is 5.97 Å². The van der Waals surface area contributed by atoms with Crippen molar-refractivity contribution < 1.29 is 18.7 Å². The molecule has 2 heterocycles. The van der Waals surface area contributed by atoms with E-state index in [9.17, 15) is 14.7 Å². The first kappa shape index (κ1) is 17.4. The highest BCUT2D eigenvalue weighted by Crippen LogP contribution is 2.47. The van der Waals surface area contributed by atoms with Crippen LogP contribution in [-0.4, -0.2) is 34.8 Å². The lowest BCUT2D eigenvalue weighted by Crippen LogP contribution is -2.45. The molecule has 0 bridgehead atoms. The summed E-state index contributed by atoms with van der Waals surface area (Å²) in [6.07, 6.45) is 3.54. The minimum Gasteiger partial charge on any atom is -0.477 e. The third-order valence-electron chi connectivity index (χ3n) is 6.26. The van der Waals surface area contributed by atoms with Crippen LogP contribution < -0.4 is 21.8 Å². The zero-order valence-corrected chi connectivity index (χ0v) is 15.0. The van der Waals surface area contributed by atoms with Gasteiger partial charge in [0.15, 0.2) is 11.6 Å². The molecule has 0 spiro atoms. The Morgan fingerprint density at radius 3 is 2.54 bits per heavy atom. The maximum Gasteiger partial charge on any atom is 0.341 e. The number of aromatic carboxylic acids is 1. The molecular formula is C19H20F2N4O3. The van der Waals surface area contributed by atoms with E-state index in [1.807, 2.05) is 0 Å². The molecule has 0 amide bonds. The second-order valence-corrected chi connectivity index (χ2v) is 8.16. The Hall–Kier alpha value is -2.68. The van der Waals surface area contributed by atoms with Crippen LogP contribution in [0.2, 0.25) is 0 Å². The Labute approximate surface area is 158 Å². The lowest BCUT2D eigenvalue weighted by atomic mass is 10.0. The summed E-state index contributed by atoms with van der Waals surface area (Å²) in [5.74, 6) is -2.66. The van der Waals surface area contributed by atoms with Crippen molar-refractivity contribution in [2.45, 2.75) is 31.3 Å². The normalized spacial score (nSPS) is 26.4. The number of nitrogen functional groups attached to an aromatic ring is 1. The lowest BCUT2D eigenvalue weighted by molar-refractivity contribution is 0.0695. The molecule has 2 aliphatic carbocycles. The van der Waals surface area contributed by atoms with Gasteiger partial charge in [-0.25, -0.2) is 13.6 Å². The fourth-order valence-corrected chi connectivity index (χ4v) is 4.56. The van der Waals surface area contributed by atoms with Gasteiger partial charge < -0.3 is 26.0 Å². The van der Waals surface area contributed by atoms with Crippen molar-refractivity contribution >= 4 is 28.2 Å². The van der Waals surface area contributed by atoms with E-state index in [1.54, 1.807) is 4.90 Å². The van der Waals surface area contributed by atoms with Crippen LogP contribution in [0.3, 0.4) is 0 Å². The molecule has 9 heteroatoms. The molecule has 148 valence electrons. The number of nitrogens with zero attached hydrogens (tertiary/aromatic N) is 2. The van der Waals surface area contributed by atoms with Crippen molar-refractivity contribution in [1.82, 2.24) is 4.57 Å². The van der Waals surface area contributed by atoms with Crippen molar-refractivity contribution in [2.75, 3.05) is 23.7 Å². The smallest absolute Gasteiger partial charge is 0.341 e. The summed E-state index contributed by atoms with van der Waals surface area (Å²) in [7, 11) is 0. The molecule has 3 fully saturated rings. The van der Waals surface area contributed by atoms with Gasteiger partial charge in [0.1, 0.15) is 11.3 Å². The summed E-state index contributed by atoms with van der Waals surface area (Å²) < 4.78 is 32.2. The van der Waals surface area contributed by atoms with Gasteiger partial charge in [-0.2, -0.15) is 0 Å². The first-order valence-corrected chi connectivity index (χ1v) is 9.38. The van der Waals surface area contributed by atoms with Crippen LogP contribution in [-0.2, 0) is 0 Å². The van der Waals surface area contributed by atoms with Crippen LogP contribution in [0.1, 0.15) is 35.7 Å². The number of nitrogens with two attached hydrogens (primary N) is 2. The van der Waals surface area contributed by atoms with E-state index in [2.05, 4.69) is 0 Å². The maximum absolute atomic E-state index is 15.6. The summed E-state index contributed by atoms with van der Waals surface area (Å²) in [4.78, 5) is 25.7. The Morgan fingerprint density at radius 2 is 1.93 bits per heavy atom. The molecule has 3 aliphatic rings. The van der Waals surface area contributed by atoms with Crippen molar-refractivity contribution in [3.8, 4) is 0 Å². The molecular weight excluding hydrogens is 370 g/mol. The molecule has 1 aliphatic heterocycles. The number of piperidine rings is 1. The molecule has 2 aromatic rings. The van der Waals surface area contributed by atoms with Gasteiger partial charge in [-0.15, -0.1) is 0 Å². The van der Waals surface area contributed by atoms with E-state index in [0.29, 0.717) is 24.9 Å². The van der Waals surface area contributed by atoms with Crippen molar-refractivity contribution in [1.29, 1.82) is 0 Å². The molecule has 3 atom stereocenters. The number of anilines is 2. The van der Waals surface area contributed by atoms with Gasteiger partial charge in [-0.1, -0.05) is 0 Å². The number of halogens is 2. The Kier molecular flexibility index (Phi) is 3.52. The molecule has 7 nitrogen and oxygen atoms in total. The zero-order valence-electron chi connectivity index (χ0n) is 15.0. The standard InChI is InChI=1S/C19H20F2N4O3/c20-13-15(23)12-16(25(8-1-2-8)5-10(18(12)26)19(27)28)14(21)17(13)24-4-7-3-9(7)11(22)6-24/h5,7-9,11H,1-4,6,22-23H2,(H,27,28)/t7-,9-,11-/m0/s1. The minimum atomic E-state index is -1.45. The number of benzene rings is 1.